The van der Waals surface area contributed by atoms with Crippen LogP contribution in [0.2, 0.25) is 0 Å². The number of azo groups is 1. The number of ether oxygens (including phenoxy) is 1. The number of nitrogens with zero attached hydrogens (tertiary/aromatic N) is 6. The highest BCUT2D eigenvalue weighted by Gasteiger charge is 2.17. The van der Waals surface area contributed by atoms with Crippen molar-refractivity contribution in [1.29, 1.82) is 10.5 Å². The summed E-state index contributed by atoms with van der Waals surface area (Å²) in [5.74, 6) is -0.397. The molecular formula is C19H20N6O2S. The number of aromatic nitrogens is 1. The predicted molar refractivity (Wildman–Crippen MR) is 106 cm³/mol. The number of hydrogen-bond donors (Lipinski definition) is 0. The van der Waals surface area contributed by atoms with Gasteiger partial charge in [0, 0.05) is 18.3 Å². The van der Waals surface area contributed by atoms with Gasteiger partial charge in [0.25, 0.3) is 0 Å². The van der Waals surface area contributed by atoms with Crippen LogP contribution < -0.4 is 4.90 Å². The van der Waals surface area contributed by atoms with E-state index in [1.807, 2.05) is 38.1 Å². The van der Waals surface area contributed by atoms with E-state index in [1.54, 1.807) is 13.0 Å². The molecule has 0 fully saturated rings. The lowest BCUT2D eigenvalue weighted by Gasteiger charge is -2.29. The average Bonchev–Trinajstić information content (AvgIpc) is 3.05. The van der Waals surface area contributed by atoms with Crippen molar-refractivity contribution >= 4 is 33.9 Å². The summed E-state index contributed by atoms with van der Waals surface area (Å²) in [6.45, 7) is 6.17. The lowest BCUT2D eigenvalue weighted by atomic mass is 10.1. The summed E-state index contributed by atoms with van der Waals surface area (Å²) in [6, 6.07) is 11.2. The Balaban J connectivity index is 2.07. The lowest BCUT2D eigenvalue weighted by molar-refractivity contribution is -0.142. The Morgan fingerprint density at radius 1 is 1.32 bits per heavy atom. The topological polar surface area (TPSA) is 115 Å². The quantitative estimate of drug-likeness (QED) is 0.482. The Morgan fingerprint density at radius 2 is 2.04 bits per heavy atom. The second-order valence-corrected chi connectivity index (χ2v) is 6.69. The molecule has 1 aromatic carbocycles. The number of carbonyl (C=O) groups excluding carboxylic acids is 1. The third-order valence-electron chi connectivity index (χ3n) is 4.03. The SMILES string of the molecule is CCN(c1ccc(N=Nc2snc(C)c2C#N)cc1)C(C)CC(=O)OCC#N. The van der Waals surface area contributed by atoms with Crippen molar-refractivity contribution in [2.24, 2.45) is 10.2 Å². The van der Waals surface area contributed by atoms with Gasteiger partial charge in [-0.2, -0.15) is 14.9 Å². The van der Waals surface area contributed by atoms with Gasteiger partial charge in [-0.25, -0.2) is 0 Å². The summed E-state index contributed by atoms with van der Waals surface area (Å²) in [7, 11) is 0. The van der Waals surface area contributed by atoms with Gasteiger partial charge < -0.3 is 9.64 Å². The van der Waals surface area contributed by atoms with Gasteiger partial charge in [0.1, 0.15) is 17.7 Å². The molecule has 0 N–H and O–H groups in total. The van der Waals surface area contributed by atoms with Crippen molar-refractivity contribution in [2.45, 2.75) is 33.2 Å². The molecule has 9 heteroatoms. The molecular weight excluding hydrogens is 376 g/mol. The normalized spacial score (nSPS) is 11.6. The van der Waals surface area contributed by atoms with Crippen LogP contribution in [0.25, 0.3) is 0 Å². The molecule has 0 aliphatic heterocycles. The van der Waals surface area contributed by atoms with Crippen LogP contribution in [-0.4, -0.2) is 29.5 Å². The van der Waals surface area contributed by atoms with E-state index in [1.165, 1.54) is 0 Å². The second-order valence-electron chi connectivity index (χ2n) is 5.93. The lowest BCUT2D eigenvalue weighted by Crippen LogP contribution is -2.35. The minimum absolute atomic E-state index is 0.0815. The summed E-state index contributed by atoms with van der Waals surface area (Å²) in [4.78, 5) is 13.8. The van der Waals surface area contributed by atoms with E-state index in [0.29, 0.717) is 28.5 Å². The number of aryl methyl sites for hydroxylation is 1. The molecule has 2 rings (SSSR count). The predicted octanol–water partition coefficient (Wildman–Crippen LogP) is 4.41. The number of hydrogen-bond acceptors (Lipinski definition) is 9. The molecule has 8 nitrogen and oxygen atoms in total. The molecule has 2 aromatic rings. The van der Waals surface area contributed by atoms with Crippen LogP contribution in [-0.2, 0) is 9.53 Å². The number of nitriles is 2. The zero-order valence-electron chi connectivity index (χ0n) is 15.9. The first kappa shape index (κ1) is 21.0. The number of rotatable bonds is 8. The van der Waals surface area contributed by atoms with Crippen molar-refractivity contribution in [1.82, 2.24) is 4.37 Å². The molecule has 1 unspecified atom stereocenters. The van der Waals surface area contributed by atoms with Gasteiger partial charge in [0.05, 0.1) is 17.8 Å². The highest BCUT2D eigenvalue weighted by molar-refractivity contribution is 7.10. The first-order valence-electron chi connectivity index (χ1n) is 8.67. The minimum Gasteiger partial charge on any atom is -0.450 e. The third kappa shape index (κ3) is 5.35. The van der Waals surface area contributed by atoms with Crippen LogP contribution >= 0.6 is 11.5 Å². The van der Waals surface area contributed by atoms with Gasteiger partial charge in [-0.05, 0) is 56.6 Å². The Labute approximate surface area is 167 Å². The zero-order chi connectivity index (χ0) is 20.5. The van der Waals surface area contributed by atoms with Crippen molar-refractivity contribution in [2.75, 3.05) is 18.1 Å². The van der Waals surface area contributed by atoms with Crippen molar-refractivity contribution in [3.63, 3.8) is 0 Å². The maximum absolute atomic E-state index is 11.7. The molecule has 1 heterocycles. The van der Waals surface area contributed by atoms with E-state index in [9.17, 15) is 4.79 Å². The van der Waals surface area contributed by atoms with Crippen molar-refractivity contribution in [3.8, 4) is 12.1 Å². The van der Waals surface area contributed by atoms with E-state index >= 15 is 0 Å². The van der Waals surface area contributed by atoms with Gasteiger partial charge in [-0.1, -0.05) is 0 Å². The largest absolute Gasteiger partial charge is 0.450 e. The molecule has 0 aliphatic rings. The highest BCUT2D eigenvalue weighted by atomic mass is 32.1. The maximum Gasteiger partial charge on any atom is 0.308 e. The summed E-state index contributed by atoms with van der Waals surface area (Å²) in [5.41, 5.74) is 2.68. The molecule has 1 aromatic heterocycles. The van der Waals surface area contributed by atoms with Crippen molar-refractivity contribution < 1.29 is 9.53 Å². The summed E-state index contributed by atoms with van der Waals surface area (Å²) in [5, 5.41) is 26.4. The molecule has 0 radical (unpaired) electrons. The smallest absolute Gasteiger partial charge is 0.308 e. The fourth-order valence-electron chi connectivity index (χ4n) is 2.64. The molecule has 1 atom stereocenters. The van der Waals surface area contributed by atoms with Crippen LogP contribution in [0.4, 0.5) is 16.4 Å². The van der Waals surface area contributed by atoms with Crippen LogP contribution in [0.15, 0.2) is 34.5 Å². The van der Waals surface area contributed by atoms with Crippen LogP contribution in [0.5, 0.6) is 0 Å². The fourth-order valence-corrected chi connectivity index (χ4v) is 3.32. The van der Waals surface area contributed by atoms with Crippen LogP contribution in [0.1, 0.15) is 31.5 Å². The molecule has 0 saturated carbocycles. The first-order valence-corrected chi connectivity index (χ1v) is 9.44. The summed E-state index contributed by atoms with van der Waals surface area (Å²) >= 11 is 1.14. The summed E-state index contributed by atoms with van der Waals surface area (Å²) < 4.78 is 8.94. The van der Waals surface area contributed by atoms with Gasteiger partial charge in [-0.15, -0.1) is 10.2 Å². The Morgan fingerprint density at radius 3 is 2.64 bits per heavy atom. The molecule has 0 amide bonds. The molecule has 28 heavy (non-hydrogen) atoms. The number of anilines is 1. The first-order chi connectivity index (χ1) is 13.5. The number of carbonyl (C=O) groups is 1. The highest BCUT2D eigenvalue weighted by Crippen LogP contribution is 2.29. The maximum atomic E-state index is 11.7. The standard InChI is InChI=1S/C19H20N6O2S/c1-4-25(13(2)11-18(26)27-10-9-20)16-7-5-15(6-8-16)22-23-19-17(12-21)14(3)24-28-19/h5-8,13H,4,10-11H2,1-3H3. The molecule has 0 aliphatic carbocycles. The number of esters is 1. The molecule has 0 spiro atoms. The van der Waals surface area contributed by atoms with E-state index in [2.05, 4.69) is 25.6 Å². The Hall–Kier alpha value is -3.30. The van der Waals surface area contributed by atoms with Crippen LogP contribution in [0.3, 0.4) is 0 Å². The minimum atomic E-state index is -0.397. The zero-order valence-corrected chi connectivity index (χ0v) is 16.7. The Kier molecular flexibility index (Phi) is 7.61. The van der Waals surface area contributed by atoms with Gasteiger partial charge in [0.2, 0.25) is 0 Å². The Bertz CT molecular complexity index is 923. The van der Waals surface area contributed by atoms with E-state index in [4.69, 9.17) is 15.3 Å². The van der Waals surface area contributed by atoms with Gasteiger partial charge >= 0.3 is 5.97 Å². The average molecular weight is 396 g/mol. The van der Waals surface area contributed by atoms with E-state index in [-0.39, 0.29) is 19.1 Å². The van der Waals surface area contributed by atoms with E-state index < -0.39 is 5.97 Å². The second kappa shape index (κ2) is 10.1. The van der Waals surface area contributed by atoms with Gasteiger partial charge in [-0.3, -0.25) is 4.79 Å². The third-order valence-corrected chi connectivity index (χ3v) is 4.85. The fraction of sp³-hybridized carbons (Fsp3) is 0.368. The van der Waals surface area contributed by atoms with Crippen molar-refractivity contribution in [3.05, 3.63) is 35.5 Å². The number of benzene rings is 1. The monoisotopic (exact) mass is 396 g/mol. The molecule has 0 saturated heterocycles. The van der Waals surface area contributed by atoms with E-state index in [0.717, 1.165) is 17.2 Å². The molecule has 144 valence electrons. The molecule has 0 bridgehead atoms. The summed E-state index contributed by atoms with van der Waals surface area (Å²) in [6.07, 6.45) is 0.193. The van der Waals surface area contributed by atoms with Crippen LogP contribution in [0, 0.1) is 29.6 Å². The van der Waals surface area contributed by atoms with Gasteiger partial charge in [0.15, 0.2) is 11.6 Å².